The SMILES string of the molecule is N[C@@H](Cc1ccc(CC(=O)[O-])cc1)C(=O)[O-].[Na+].[Na+]. The average Bonchev–Trinajstić information content (AvgIpc) is 2.20. The molecule has 0 heterocycles. The van der Waals surface area contributed by atoms with Crippen molar-refractivity contribution in [3.8, 4) is 0 Å². The fourth-order valence-corrected chi connectivity index (χ4v) is 1.30. The Labute approximate surface area is 149 Å². The maximum absolute atomic E-state index is 10.4. The first-order valence-corrected chi connectivity index (χ1v) is 4.73. The molecular formula is C11H11NNa2O4. The number of aliphatic carboxylic acids is 2. The average molecular weight is 267 g/mol. The second-order valence-electron chi connectivity index (χ2n) is 3.49. The largest absolute Gasteiger partial charge is 1.00 e. The zero-order chi connectivity index (χ0) is 12.1. The molecule has 0 aliphatic carbocycles. The van der Waals surface area contributed by atoms with Crippen molar-refractivity contribution in [1.29, 1.82) is 0 Å². The molecule has 86 valence electrons. The number of carbonyl (C=O) groups excluding carboxylic acids is 2. The third-order valence-electron chi connectivity index (χ3n) is 2.13. The summed E-state index contributed by atoms with van der Waals surface area (Å²) < 4.78 is 0. The van der Waals surface area contributed by atoms with E-state index in [1.165, 1.54) is 0 Å². The molecular weight excluding hydrogens is 256 g/mol. The molecule has 0 unspecified atom stereocenters. The van der Waals surface area contributed by atoms with E-state index < -0.39 is 18.0 Å². The van der Waals surface area contributed by atoms with Gasteiger partial charge >= 0.3 is 59.1 Å². The Hall–Kier alpha value is 0.120. The zero-order valence-corrected chi connectivity index (χ0v) is 14.5. The van der Waals surface area contributed by atoms with Crippen LogP contribution >= 0.6 is 0 Å². The minimum absolute atomic E-state index is 0. The first kappa shape index (κ1) is 20.4. The van der Waals surface area contributed by atoms with Crippen molar-refractivity contribution in [2.75, 3.05) is 0 Å². The first-order chi connectivity index (χ1) is 7.49. The third-order valence-corrected chi connectivity index (χ3v) is 2.13. The summed E-state index contributed by atoms with van der Waals surface area (Å²) in [5.74, 6) is -2.46. The van der Waals surface area contributed by atoms with Crippen molar-refractivity contribution in [1.82, 2.24) is 0 Å². The molecule has 1 rings (SSSR count). The van der Waals surface area contributed by atoms with Crippen LogP contribution in [0, 0.1) is 0 Å². The van der Waals surface area contributed by atoms with Crippen LogP contribution in [0.2, 0.25) is 0 Å². The normalized spacial score (nSPS) is 10.7. The molecule has 1 aromatic carbocycles. The van der Waals surface area contributed by atoms with Crippen molar-refractivity contribution < 1.29 is 78.9 Å². The number of nitrogens with two attached hydrogens (primary N) is 1. The van der Waals surface area contributed by atoms with E-state index in [1.54, 1.807) is 24.3 Å². The smallest absolute Gasteiger partial charge is 0.550 e. The maximum atomic E-state index is 10.4. The van der Waals surface area contributed by atoms with E-state index in [0.29, 0.717) is 5.56 Å². The fourth-order valence-electron chi connectivity index (χ4n) is 1.30. The molecule has 0 radical (unpaired) electrons. The third kappa shape index (κ3) is 7.53. The van der Waals surface area contributed by atoms with E-state index in [0.717, 1.165) is 5.56 Å². The van der Waals surface area contributed by atoms with Gasteiger partial charge in [-0.3, -0.25) is 0 Å². The van der Waals surface area contributed by atoms with Gasteiger partial charge in [0.05, 0.1) is 5.97 Å². The summed E-state index contributed by atoms with van der Waals surface area (Å²) in [7, 11) is 0. The molecule has 2 N–H and O–H groups in total. The van der Waals surface area contributed by atoms with Crippen LogP contribution in [0.15, 0.2) is 24.3 Å². The van der Waals surface area contributed by atoms with Crippen LogP contribution in [0.1, 0.15) is 11.1 Å². The Morgan fingerprint density at radius 1 is 1.06 bits per heavy atom. The Bertz CT molecular complexity index is 395. The van der Waals surface area contributed by atoms with E-state index in [4.69, 9.17) is 5.73 Å². The summed E-state index contributed by atoms with van der Waals surface area (Å²) in [6, 6.07) is 5.44. The molecule has 1 atom stereocenters. The number of carboxylic acids is 2. The van der Waals surface area contributed by atoms with Crippen LogP contribution < -0.4 is 75.1 Å². The van der Waals surface area contributed by atoms with Gasteiger partial charge in [-0.1, -0.05) is 24.3 Å². The van der Waals surface area contributed by atoms with Crippen molar-refractivity contribution in [2.24, 2.45) is 5.73 Å². The Balaban J connectivity index is 0. The van der Waals surface area contributed by atoms with Crippen molar-refractivity contribution in [3.05, 3.63) is 35.4 Å². The summed E-state index contributed by atoms with van der Waals surface area (Å²) >= 11 is 0. The van der Waals surface area contributed by atoms with E-state index in [9.17, 15) is 19.8 Å². The molecule has 18 heavy (non-hydrogen) atoms. The quantitative estimate of drug-likeness (QED) is 0.533. The van der Waals surface area contributed by atoms with Gasteiger partial charge in [-0.2, -0.15) is 0 Å². The summed E-state index contributed by atoms with van der Waals surface area (Å²) in [5, 5.41) is 20.7. The molecule has 7 heteroatoms. The summed E-state index contributed by atoms with van der Waals surface area (Å²) in [4.78, 5) is 20.7. The minimum atomic E-state index is -1.31. The van der Waals surface area contributed by atoms with E-state index in [1.807, 2.05) is 0 Å². The van der Waals surface area contributed by atoms with Crippen LogP contribution in [0.3, 0.4) is 0 Å². The number of benzene rings is 1. The zero-order valence-electron chi connectivity index (χ0n) is 10.5. The number of rotatable bonds is 5. The van der Waals surface area contributed by atoms with Gasteiger partial charge in [0.2, 0.25) is 0 Å². The summed E-state index contributed by atoms with van der Waals surface area (Å²) in [6.07, 6.45) is 0.000748. The summed E-state index contributed by atoms with van der Waals surface area (Å²) in [6.45, 7) is 0. The first-order valence-electron chi connectivity index (χ1n) is 4.73. The molecule has 0 aliphatic rings. The number of carbonyl (C=O) groups is 2. The van der Waals surface area contributed by atoms with Crippen LogP contribution in [0.4, 0.5) is 0 Å². The predicted molar refractivity (Wildman–Crippen MR) is 51.8 cm³/mol. The molecule has 0 bridgehead atoms. The van der Waals surface area contributed by atoms with Crippen molar-refractivity contribution in [3.63, 3.8) is 0 Å². The molecule has 0 amide bonds. The molecule has 0 saturated carbocycles. The second kappa shape index (κ2) is 9.97. The second-order valence-corrected chi connectivity index (χ2v) is 3.49. The molecule has 0 fully saturated rings. The molecule has 0 aliphatic heterocycles. The maximum Gasteiger partial charge on any atom is 1.00 e. The molecule has 1 aromatic rings. The van der Waals surface area contributed by atoms with Gasteiger partial charge in [-0.05, 0) is 17.5 Å². The van der Waals surface area contributed by atoms with Crippen molar-refractivity contribution in [2.45, 2.75) is 18.9 Å². The van der Waals surface area contributed by atoms with Crippen molar-refractivity contribution >= 4 is 11.9 Å². The fraction of sp³-hybridized carbons (Fsp3) is 0.273. The Morgan fingerprint density at radius 3 is 1.89 bits per heavy atom. The molecule has 5 nitrogen and oxygen atoms in total. The Kier molecular flexibility index (Phi) is 11.3. The van der Waals surface area contributed by atoms with Crippen LogP contribution in [0.25, 0.3) is 0 Å². The number of hydrogen-bond acceptors (Lipinski definition) is 5. The standard InChI is InChI=1S/C11H13NO4.2Na/c12-9(11(15)16)5-7-1-3-8(4-2-7)6-10(13)14;;/h1-4,9H,5-6,12H2,(H,13,14)(H,15,16);;/q;2*+1/p-2/t9-;;/m0../s1. The van der Waals surface area contributed by atoms with E-state index in [2.05, 4.69) is 0 Å². The summed E-state index contributed by atoms with van der Waals surface area (Å²) in [5.41, 5.74) is 6.62. The Morgan fingerprint density at radius 2 is 1.50 bits per heavy atom. The van der Waals surface area contributed by atoms with Crippen LogP contribution in [0.5, 0.6) is 0 Å². The van der Waals surface area contributed by atoms with Gasteiger partial charge in [0, 0.05) is 18.4 Å². The monoisotopic (exact) mass is 267 g/mol. The molecule has 0 aromatic heterocycles. The molecule has 0 spiro atoms. The van der Waals surface area contributed by atoms with Crippen LogP contribution in [-0.4, -0.2) is 18.0 Å². The van der Waals surface area contributed by atoms with Gasteiger partial charge in [-0.25, -0.2) is 0 Å². The van der Waals surface area contributed by atoms with Gasteiger partial charge < -0.3 is 25.5 Å². The number of hydrogen-bond donors (Lipinski definition) is 1. The van der Waals surface area contributed by atoms with E-state index in [-0.39, 0.29) is 72.0 Å². The predicted octanol–water partition coefficient (Wildman–Crippen LogP) is -8.39. The minimum Gasteiger partial charge on any atom is -0.550 e. The number of carboxylic acid groups (broad SMARTS) is 2. The van der Waals surface area contributed by atoms with Gasteiger partial charge in [0.1, 0.15) is 0 Å². The van der Waals surface area contributed by atoms with E-state index >= 15 is 0 Å². The van der Waals surface area contributed by atoms with Gasteiger partial charge in [0.25, 0.3) is 0 Å². The van der Waals surface area contributed by atoms with Gasteiger partial charge in [-0.15, -0.1) is 0 Å². The van der Waals surface area contributed by atoms with Gasteiger partial charge in [0.15, 0.2) is 0 Å². The van der Waals surface area contributed by atoms with Crippen LogP contribution in [-0.2, 0) is 22.4 Å². The topological polar surface area (TPSA) is 106 Å². The molecule has 0 saturated heterocycles.